The second kappa shape index (κ2) is 6.16. The quantitative estimate of drug-likeness (QED) is 0.215. The smallest absolute Gasteiger partial charge is 0.264 e. The van der Waals surface area contributed by atoms with Crippen LogP contribution in [0.3, 0.4) is 0 Å². The molecule has 4 heteroatoms. The van der Waals surface area contributed by atoms with Gasteiger partial charge in [-0.25, -0.2) is 0 Å². The molecule has 0 atom stereocenters. The highest BCUT2D eigenvalue weighted by Crippen LogP contribution is 2.43. The van der Waals surface area contributed by atoms with Gasteiger partial charge >= 0.3 is 0 Å². The summed E-state index contributed by atoms with van der Waals surface area (Å²) in [4.78, 5) is 0. The fraction of sp³-hybridized carbons (Fsp3) is 0.0303. The first-order valence-electron chi connectivity index (χ1n) is 12.9. The van der Waals surface area contributed by atoms with Gasteiger partial charge in [0.15, 0.2) is 0 Å². The van der Waals surface area contributed by atoms with E-state index in [0.717, 1.165) is 0 Å². The molecule has 8 aromatic rings. The molecule has 0 bridgehead atoms. The fourth-order valence-corrected chi connectivity index (χ4v) is 8.67. The Balaban J connectivity index is 1.58. The SMILES string of the molecule is Cc1ccc2sc3c(c2c1)-n1c2ccccc2c2cc4c5ccccc5n5c4c(c21)B3c1ccccc1-5. The highest BCUT2D eigenvalue weighted by Gasteiger charge is 2.42. The number of rotatable bonds is 0. The third kappa shape index (κ3) is 2.02. The number of thiophene rings is 1. The number of hydrogen-bond acceptors (Lipinski definition) is 1. The van der Waals surface area contributed by atoms with E-state index in [2.05, 4.69) is 113 Å². The molecule has 0 saturated carbocycles. The van der Waals surface area contributed by atoms with Gasteiger partial charge in [0.05, 0.1) is 27.8 Å². The molecule has 0 spiro atoms. The Bertz CT molecular complexity index is 2330. The van der Waals surface area contributed by atoms with E-state index in [1.54, 1.807) is 0 Å². The second-order valence-corrected chi connectivity index (χ2v) is 11.7. The lowest BCUT2D eigenvalue weighted by atomic mass is 9.37. The highest BCUT2D eigenvalue weighted by molar-refractivity contribution is 7.33. The van der Waals surface area contributed by atoms with Crippen LogP contribution in [0, 0.1) is 6.92 Å². The van der Waals surface area contributed by atoms with Crippen LogP contribution in [0.2, 0.25) is 0 Å². The topological polar surface area (TPSA) is 9.86 Å². The van der Waals surface area contributed by atoms with Crippen molar-refractivity contribution in [3.05, 3.63) is 103 Å². The minimum atomic E-state index is 0.226. The molecule has 0 aliphatic carbocycles. The zero-order chi connectivity index (χ0) is 24.0. The van der Waals surface area contributed by atoms with Gasteiger partial charge in [0, 0.05) is 42.1 Å². The summed E-state index contributed by atoms with van der Waals surface area (Å²) in [5.41, 5.74) is 12.2. The molecule has 2 aliphatic rings. The Kier molecular flexibility index (Phi) is 3.15. The normalized spacial score (nSPS) is 13.5. The largest absolute Gasteiger partial charge is 0.310 e. The van der Waals surface area contributed by atoms with Crippen molar-refractivity contribution in [1.82, 2.24) is 9.13 Å². The number of aromatic nitrogens is 2. The molecule has 37 heavy (non-hydrogen) atoms. The molecule has 0 unspecified atom stereocenters. The van der Waals surface area contributed by atoms with Crippen molar-refractivity contribution < 1.29 is 0 Å². The number of hydrogen-bond donors (Lipinski definition) is 0. The van der Waals surface area contributed by atoms with Gasteiger partial charge in [0.25, 0.3) is 6.71 Å². The zero-order valence-corrected chi connectivity index (χ0v) is 20.9. The van der Waals surface area contributed by atoms with Crippen LogP contribution >= 0.6 is 11.3 Å². The number of benzene rings is 5. The van der Waals surface area contributed by atoms with E-state index in [1.807, 2.05) is 11.3 Å². The minimum absolute atomic E-state index is 0.226. The van der Waals surface area contributed by atoms with Gasteiger partial charge in [-0.05, 0) is 54.2 Å². The van der Waals surface area contributed by atoms with Crippen LogP contribution in [0.4, 0.5) is 0 Å². The number of fused-ring (bicyclic) bond motifs is 14. The van der Waals surface area contributed by atoms with Crippen LogP contribution in [-0.4, -0.2) is 15.8 Å². The van der Waals surface area contributed by atoms with Crippen LogP contribution < -0.4 is 15.7 Å². The Hall–Kier alpha value is -4.28. The summed E-state index contributed by atoms with van der Waals surface area (Å²) < 4.78 is 7.97. The molecule has 0 radical (unpaired) electrons. The third-order valence-electron chi connectivity index (χ3n) is 8.73. The van der Waals surface area contributed by atoms with Gasteiger partial charge in [-0.2, -0.15) is 0 Å². The maximum Gasteiger partial charge on any atom is 0.264 e. The lowest BCUT2D eigenvalue weighted by Gasteiger charge is -2.31. The summed E-state index contributed by atoms with van der Waals surface area (Å²) in [7, 11) is 0. The van der Waals surface area contributed by atoms with Crippen molar-refractivity contribution in [2.75, 3.05) is 0 Å². The number of nitrogens with zero attached hydrogens (tertiary/aromatic N) is 2. The van der Waals surface area contributed by atoms with Crippen LogP contribution in [0.25, 0.3) is 65.1 Å². The molecule has 170 valence electrons. The van der Waals surface area contributed by atoms with E-state index in [-0.39, 0.29) is 6.71 Å². The van der Waals surface area contributed by atoms with E-state index in [1.165, 1.54) is 86.3 Å². The standard InChI is InChI=1S/C33H19BN2S/c1-18-14-15-28-23(16-18)32-33(37-28)34-24-10-4-7-13-27(24)35-25-11-5-2-8-19(25)21-17-22-20-9-3-6-12-26(20)36(32)31(22)29(34)30(21)35/h2-17H,1H3. The van der Waals surface area contributed by atoms with Crippen molar-refractivity contribution in [3.8, 4) is 11.4 Å². The molecule has 0 saturated heterocycles. The van der Waals surface area contributed by atoms with E-state index in [4.69, 9.17) is 0 Å². The first kappa shape index (κ1) is 18.9. The van der Waals surface area contributed by atoms with Gasteiger partial charge < -0.3 is 9.13 Å². The first-order valence-corrected chi connectivity index (χ1v) is 13.7. The Labute approximate surface area is 217 Å². The lowest BCUT2D eigenvalue weighted by molar-refractivity contribution is 1.18. The van der Waals surface area contributed by atoms with Gasteiger partial charge in [0.2, 0.25) is 0 Å². The summed E-state index contributed by atoms with van der Waals surface area (Å²) in [6.07, 6.45) is 0. The molecule has 5 heterocycles. The molecule has 0 fully saturated rings. The summed E-state index contributed by atoms with van der Waals surface area (Å²) in [5, 5.41) is 6.77. The summed E-state index contributed by atoms with van der Waals surface area (Å²) in [6, 6.07) is 36.4. The Morgan fingerprint density at radius 2 is 1.30 bits per heavy atom. The van der Waals surface area contributed by atoms with Crippen molar-refractivity contribution in [2.45, 2.75) is 6.92 Å². The molecule has 10 rings (SSSR count). The first-order chi connectivity index (χ1) is 18.3. The predicted octanol–water partition coefficient (Wildman–Crippen LogP) is 6.55. The van der Waals surface area contributed by atoms with Crippen molar-refractivity contribution in [1.29, 1.82) is 0 Å². The molecule has 3 aromatic heterocycles. The maximum absolute atomic E-state index is 2.60. The lowest BCUT2D eigenvalue weighted by Crippen LogP contribution is -2.58. The van der Waals surface area contributed by atoms with Crippen LogP contribution in [0.5, 0.6) is 0 Å². The average molecular weight is 486 g/mol. The monoisotopic (exact) mass is 486 g/mol. The molecule has 0 N–H and O–H groups in total. The summed E-state index contributed by atoms with van der Waals surface area (Å²) in [6.45, 7) is 2.44. The second-order valence-electron chi connectivity index (χ2n) is 10.6. The van der Waals surface area contributed by atoms with Gasteiger partial charge in [-0.3, -0.25) is 0 Å². The van der Waals surface area contributed by atoms with Crippen LogP contribution in [0.15, 0.2) is 97.1 Å². The van der Waals surface area contributed by atoms with E-state index in [9.17, 15) is 0 Å². The van der Waals surface area contributed by atoms with Gasteiger partial charge in [0.1, 0.15) is 0 Å². The fourth-order valence-electron chi connectivity index (χ4n) is 7.37. The van der Waals surface area contributed by atoms with Crippen molar-refractivity contribution in [2.24, 2.45) is 0 Å². The van der Waals surface area contributed by atoms with E-state index in [0.29, 0.717) is 0 Å². The molecular weight excluding hydrogens is 467 g/mol. The van der Waals surface area contributed by atoms with Crippen LogP contribution in [-0.2, 0) is 0 Å². The molecular formula is C33H19BN2S. The van der Waals surface area contributed by atoms with Crippen LogP contribution in [0.1, 0.15) is 5.56 Å². The molecule has 2 aliphatic heterocycles. The molecule has 0 amide bonds. The van der Waals surface area contributed by atoms with Crippen molar-refractivity contribution >= 4 is 87.4 Å². The van der Waals surface area contributed by atoms with E-state index < -0.39 is 0 Å². The predicted molar refractivity (Wildman–Crippen MR) is 160 cm³/mol. The Morgan fingerprint density at radius 1 is 0.622 bits per heavy atom. The summed E-state index contributed by atoms with van der Waals surface area (Å²) >= 11 is 1.98. The zero-order valence-electron chi connectivity index (χ0n) is 20.1. The Morgan fingerprint density at radius 3 is 2.11 bits per heavy atom. The van der Waals surface area contributed by atoms with Gasteiger partial charge in [-0.15, -0.1) is 11.3 Å². The maximum atomic E-state index is 2.60. The minimum Gasteiger partial charge on any atom is -0.310 e. The highest BCUT2D eigenvalue weighted by atomic mass is 32.1. The number of aryl methyl sites for hydroxylation is 1. The molecule has 2 nitrogen and oxygen atoms in total. The average Bonchev–Trinajstić information content (AvgIpc) is 3.58. The third-order valence-corrected chi connectivity index (χ3v) is 9.96. The van der Waals surface area contributed by atoms with Crippen molar-refractivity contribution in [3.63, 3.8) is 0 Å². The molecule has 5 aromatic carbocycles. The van der Waals surface area contributed by atoms with E-state index >= 15 is 0 Å². The van der Waals surface area contributed by atoms with Gasteiger partial charge in [-0.1, -0.05) is 66.2 Å². The summed E-state index contributed by atoms with van der Waals surface area (Å²) in [5.74, 6) is 0. The number of para-hydroxylation sites is 3.